The number of ketones is 2. The van der Waals surface area contributed by atoms with Crippen LogP contribution in [-0.4, -0.2) is 217 Å². The van der Waals surface area contributed by atoms with Gasteiger partial charge in [-0.05, 0) is 212 Å². The number of benzene rings is 4. The van der Waals surface area contributed by atoms with E-state index in [1.54, 1.807) is 64.0 Å². The number of alkyl carbamates (subject to hydrolysis) is 2. The van der Waals surface area contributed by atoms with Crippen molar-refractivity contribution in [3.8, 4) is 56.3 Å². The molecule has 0 radical (unpaired) electrons. The van der Waals surface area contributed by atoms with Crippen LogP contribution in [0.4, 0.5) is 19.2 Å². The number of imidazole rings is 2. The molecule has 6 amide bonds. The number of ether oxygens (including phenoxy) is 9. The zero-order valence-corrected chi connectivity index (χ0v) is 72.2. The number of likely N-dealkylation sites (tertiary alicyclic amines) is 4. The number of nitrogens with one attached hydrogen (secondary N) is 4. The summed E-state index contributed by atoms with van der Waals surface area (Å²) >= 11 is 3.50. The van der Waals surface area contributed by atoms with Crippen LogP contribution in [0, 0.1) is 23.7 Å². The second-order valence-corrected chi connectivity index (χ2v) is 35.8. The van der Waals surface area contributed by atoms with Crippen LogP contribution in [0.3, 0.4) is 0 Å². The third-order valence-electron chi connectivity index (χ3n) is 23.1. The summed E-state index contributed by atoms with van der Waals surface area (Å²) in [5.74, 6) is 0.0975. The Hall–Kier alpha value is -10.4. The number of carboxylic acid groups (broad SMARTS) is 1. The standard InChI is InChI=1S/C44H55N5O10.C31H34BrN3O5.C13H22N2O5/c1-23(2)37(47-42(53)56-8)40(51)49-24(3)9-13-33(49)41(52)58-35-14-11-26-17-31-29-12-10-27(16-28(29)22-57-36(31)18-30(26)38(35)50)32-19-45-39(46-32)34-15-25(21-55-7)20-48(34)43(54)59-44(4,5)6;1-31(2,3)40-30(37)35-14-17(15-38-4)9-26(35)29-33-13-25(34-29)19-5-7-21-20(10-19)16-39-27-12-22-18(11-23(21)27)6-8-24(32)28(22)36;1-7(2)10(14-13(19)20-4)11(16)15-8(3)5-6-9(15)12(17)18/h10,12,16-19,23-25,33-35,37H,9,11,13-15,20-22H2,1-8H3,(H,45,46)(H,47,53);5,7,10-13,17,24,26H,6,8-9,14-16H2,1-4H3,(H,33,34);7-10H,5-6H2,1-4H3,(H,14,19)(H,17,18)/t24-,25-,33-,34-,35?,37-;17-,24?,26-;8-,9-,10-/m000/s1. The first-order valence-electron chi connectivity index (χ1n) is 40.9. The van der Waals surface area contributed by atoms with Gasteiger partial charge in [-0.15, -0.1) is 0 Å². The molecular formula is C88H111BrN10O20. The van der Waals surface area contributed by atoms with E-state index < -0.39 is 71.5 Å². The molecule has 5 N–H and O–H groups in total. The quantitative estimate of drug-likeness (QED) is 0.0322. The molecule has 0 saturated carbocycles. The van der Waals surface area contributed by atoms with Crippen LogP contribution >= 0.6 is 15.9 Å². The summed E-state index contributed by atoms with van der Waals surface area (Å²) in [6.45, 7) is 24.9. The fourth-order valence-corrected chi connectivity index (χ4v) is 17.7. The van der Waals surface area contributed by atoms with Crippen molar-refractivity contribution in [3.63, 3.8) is 0 Å². The number of carbonyl (C=O) groups excluding carboxylic acids is 9. The van der Waals surface area contributed by atoms with E-state index in [9.17, 15) is 53.1 Å². The molecule has 6 aromatic rings. The molecule has 14 rings (SSSR count). The summed E-state index contributed by atoms with van der Waals surface area (Å²) in [6.07, 6.45) is 6.42. The number of alkyl halides is 1. The number of aromatic amines is 2. The summed E-state index contributed by atoms with van der Waals surface area (Å²) in [5, 5.41) is 14.3. The number of carbonyl (C=O) groups is 10. The van der Waals surface area contributed by atoms with E-state index in [0.717, 1.165) is 103 Å². The van der Waals surface area contributed by atoms with Crippen molar-refractivity contribution in [2.45, 2.75) is 231 Å². The molecule has 12 atom stereocenters. The Kier molecular flexibility index (Phi) is 27.1. The fraction of sp³-hybridized carbons (Fsp3) is 0.545. The van der Waals surface area contributed by atoms with Gasteiger partial charge in [0, 0.05) is 73.5 Å². The Bertz CT molecular complexity index is 4830. The molecule has 4 saturated heterocycles. The zero-order valence-electron chi connectivity index (χ0n) is 70.6. The zero-order chi connectivity index (χ0) is 86.0. The molecule has 6 aliphatic heterocycles. The van der Waals surface area contributed by atoms with Gasteiger partial charge in [0.1, 0.15) is 71.7 Å². The average Bonchev–Trinajstić information content (AvgIpc) is 1.55. The third kappa shape index (κ3) is 19.6. The number of carboxylic acids is 1. The minimum Gasteiger partial charge on any atom is -0.488 e. The highest BCUT2D eigenvalue weighted by molar-refractivity contribution is 9.10. The van der Waals surface area contributed by atoms with E-state index in [0.29, 0.717) is 95.0 Å². The monoisotopic (exact) mass is 1710 g/mol. The van der Waals surface area contributed by atoms with Gasteiger partial charge in [0.05, 0.1) is 68.1 Å². The largest absolute Gasteiger partial charge is 0.488 e. The van der Waals surface area contributed by atoms with E-state index in [2.05, 4.69) is 71.6 Å². The highest BCUT2D eigenvalue weighted by Crippen LogP contribution is 2.47. The van der Waals surface area contributed by atoms with E-state index in [1.165, 1.54) is 24.0 Å². The van der Waals surface area contributed by atoms with Gasteiger partial charge >= 0.3 is 36.3 Å². The molecule has 30 nitrogen and oxygen atoms in total. The van der Waals surface area contributed by atoms with Crippen molar-refractivity contribution in [3.05, 3.63) is 118 Å². The Labute approximate surface area is 701 Å². The molecule has 4 aromatic carbocycles. The van der Waals surface area contributed by atoms with Crippen molar-refractivity contribution in [1.82, 2.24) is 50.2 Å². The molecule has 119 heavy (non-hydrogen) atoms. The number of aromatic nitrogens is 4. The molecule has 4 fully saturated rings. The molecule has 0 bridgehead atoms. The maximum Gasteiger partial charge on any atom is 0.410 e. The number of H-pyrrole nitrogens is 2. The van der Waals surface area contributed by atoms with Crippen molar-refractivity contribution < 1.29 is 95.7 Å². The van der Waals surface area contributed by atoms with Crippen molar-refractivity contribution in [2.75, 3.05) is 54.7 Å². The molecule has 2 unspecified atom stereocenters. The lowest BCUT2D eigenvalue weighted by molar-refractivity contribution is -0.158. The highest BCUT2D eigenvalue weighted by atomic mass is 79.9. The Morgan fingerprint density at radius 3 is 1.40 bits per heavy atom. The smallest absolute Gasteiger partial charge is 0.410 e. The minimum absolute atomic E-state index is 0.123. The van der Waals surface area contributed by atoms with Crippen LogP contribution in [0.5, 0.6) is 11.5 Å². The molecule has 640 valence electrons. The number of aryl methyl sites for hydroxylation is 2. The fourth-order valence-electron chi connectivity index (χ4n) is 17.2. The number of amides is 6. The maximum absolute atomic E-state index is 13.9. The predicted octanol–water partition coefficient (Wildman–Crippen LogP) is 13.7. The molecule has 0 spiro atoms. The van der Waals surface area contributed by atoms with Crippen LogP contribution < -0.4 is 20.1 Å². The van der Waals surface area contributed by atoms with E-state index in [4.69, 9.17) is 47.9 Å². The summed E-state index contributed by atoms with van der Waals surface area (Å²) in [6, 6.07) is 15.9. The Morgan fingerprint density at radius 2 is 0.983 bits per heavy atom. The first-order chi connectivity index (χ1) is 56.5. The van der Waals surface area contributed by atoms with Crippen molar-refractivity contribution in [2.24, 2.45) is 23.7 Å². The van der Waals surface area contributed by atoms with Crippen LogP contribution in [-0.2, 0) is 78.4 Å². The molecule has 2 aromatic heterocycles. The number of hydrogen-bond acceptors (Lipinski definition) is 21. The van der Waals surface area contributed by atoms with E-state index >= 15 is 0 Å². The SMILES string of the molecule is COC(=O)N[C@H](C(=O)N1[C@@H](C)CC[C@H]1C(=O)O)C(C)C.COC[C@H]1C[C@@H](c2ncc(-c3ccc4c(c3)COc3cc5c(cc3-4)CCC(Br)C5=O)[nH]2)N(C(=O)OC(C)(C)C)C1.COC[C@H]1C[C@@H](c2ncc(-c3ccc4c(c3)COc3cc5c(cc3-4)CCC(OC(=O)[C@@H]3CC[C@H](C)N3C(=O)[C@@H](NC(=O)OC)C(C)C)C5=O)[nH]2)N(C(=O)OC(C)(C)C)C1. The average molecular weight is 1710 g/mol. The minimum atomic E-state index is -1.01. The topological polar surface area (TPSA) is 368 Å². The lowest BCUT2D eigenvalue weighted by atomic mass is 9.84. The summed E-state index contributed by atoms with van der Waals surface area (Å²) < 4.78 is 49.7. The highest BCUT2D eigenvalue weighted by Gasteiger charge is 2.48. The lowest BCUT2D eigenvalue weighted by Crippen LogP contribution is -2.56. The number of aliphatic carboxylic acids is 1. The number of nitrogens with zero attached hydrogens (tertiary/aromatic N) is 6. The van der Waals surface area contributed by atoms with E-state index in [-0.39, 0.29) is 88.9 Å². The first-order valence-corrected chi connectivity index (χ1v) is 41.8. The molecule has 31 heteroatoms. The Balaban J connectivity index is 0.000000185. The number of esters is 1. The third-order valence-corrected chi connectivity index (χ3v) is 24.0. The number of methoxy groups -OCH3 is 4. The van der Waals surface area contributed by atoms with Gasteiger partial charge in [-0.3, -0.25) is 29.0 Å². The van der Waals surface area contributed by atoms with Crippen LogP contribution in [0.25, 0.3) is 44.8 Å². The summed E-state index contributed by atoms with van der Waals surface area (Å²) in [5.41, 5.74) is 11.6. The van der Waals surface area contributed by atoms with Crippen molar-refractivity contribution in [1.29, 1.82) is 0 Å². The summed E-state index contributed by atoms with van der Waals surface area (Å²) in [7, 11) is 5.79. The predicted molar refractivity (Wildman–Crippen MR) is 441 cm³/mol. The number of halogens is 1. The van der Waals surface area contributed by atoms with Gasteiger partial charge in [-0.25, -0.2) is 38.7 Å². The Morgan fingerprint density at radius 1 is 0.555 bits per heavy atom. The summed E-state index contributed by atoms with van der Waals surface area (Å²) in [4.78, 5) is 150. The molecule has 2 aliphatic carbocycles. The van der Waals surface area contributed by atoms with Gasteiger partial charge in [0.2, 0.25) is 17.6 Å². The van der Waals surface area contributed by atoms with Gasteiger partial charge in [-0.1, -0.05) is 67.9 Å². The van der Waals surface area contributed by atoms with Crippen LogP contribution in [0.1, 0.15) is 201 Å². The van der Waals surface area contributed by atoms with Gasteiger partial charge < -0.3 is 78.1 Å². The molecule has 8 heterocycles. The van der Waals surface area contributed by atoms with Gasteiger partial charge in [0.15, 0.2) is 11.9 Å². The van der Waals surface area contributed by atoms with Crippen LogP contribution in [0.2, 0.25) is 0 Å². The number of fused-ring (bicyclic) bond motifs is 8. The second-order valence-electron chi connectivity index (χ2n) is 34.7. The van der Waals surface area contributed by atoms with Gasteiger partial charge in [0.25, 0.3) is 0 Å². The molecule has 8 aliphatic rings. The van der Waals surface area contributed by atoms with E-state index in [1.807, 2.05) is 85.9 Å². The lowest BCUT2D eigenvalue weighted by Gasteiger charge is -2.33. The number of rotatable bonds is 17. The maximum atomic E-state index is 13.9. The molecular weight excluding hydrogens is 1600 g/mol. The second kappa shape index (κ2) is 36.7. The van der Waals surface area contributed by atoms with Gasteiger partial charge in [-0.2, -0.15) is 0 Å². The first kappa shape index (κ1) is 87.9. The number of Topliss-reactive ketones (excluding diaryl/α,β-unsaturated/α-hetero) is 2. The van der Waals surface area contributed by atoms with Crippen LogP contribution in [0.15, 0.2) is 73.1 Å². The number of hydrogen-bond donors (Lipinski definition) is 5. The normalized spacial score (nSPS) is 22.6. The van der Waals surface area contributed by atoms with Crippen molar-refractivity contribution >= 4 is 75.6 Å².